The fraction of sp³-hybridized carbons (Fsp3) is 0.367. The summed E-state index contributed by atoms with van der Waals surface area (Å²) in [4.78, 5) is 30.5. The number of carboxylic acids is 1. The first-order valence-corrected chi connectivity index (χ1v) is 12.9. The molecular weight excluding hydrogens is 522 g/mol. The average Bonchev–Trinajstić information content (AvgIpc) is 2.91. The van der Waals surface area contributed by atoms with Gasteiger partial charge in [-0.15, -0.1) is 0 Å². The number of rotatable bonds is 11. The third-order valence-corrected chi connectivity index (χ3v) is 6.73. The van der Waals surface area contributed by atoms with Crippen molar-refractivity contribution < 1.29 is 38.1 Å². The highest BCUT2D eigenvalue weighted by Gasteiger charge is 2.28. The van der Waals surface area contributed by atoms with E-state index >= 15 is 4.39 Å². The predicted octanol–water partition coefficient (Wildman–Crippen LogP) is 5.63. The topological polar surface area (TPSA) is 109 Å². The van der Waals surface area contributed by atoms with Crippen molar-refractivity contribution in [2.75, 3.05) is 7.11 Å². The fourth-order valence-corrected chi connectivity index (χ4v) is 4.41. The normalized spacial score (nSPS) is 13.0. The van der Waals surface area contributed by atoms with E-state index in [1.54, 1.807) is 12.1 Å². The molecule has 0 bridgehead atoms. The monoisotopic (exact) mass is 556 g/mol. The number of carbonyl (C=O) groups excluding carboxylic acids is 1. The number of hydrogen-bond donors (Lipinski definition) is 2. The number of ether oxygens (including phenoxy) is 2. The Balaban J connectivity index is 2.03. The quantitative estimate of drug-likeness (QED) is 0.231. The van der Waals surface area contributed by atoms with Crippen LogP contribution < -0.4 is 9.47 Å². The van der Waals surface area contributed by atoms with Crippen molar-refractivity contribution in [3.8, 4) is 22.8 Å². The summed E-state index contributed by atoms with van der Waals surface area (Å²) < 4.78 is 40.6. The standard InChI is InChI=1S/C30H34F2N2O6/c1-16(2)34(17(3)4)15-20-12-19(10-11-21(20)23-13-26(39-6)33-14-24(23)31)30(38)40-25-9-7-8-22(27(25)32)28(35)18(5)29(36)37/h7-14,16-18,28,35H,15H2,1-6H3,(H,36,37)/t18-,28+/m0/s1. The Bertz CT molecular complexity index is 1370. The molecular formula is C30H34F2N2O6. The van der Waals surface area contributed by atoms with Gasteiger partial charge in [-0.2, -0.15) is 0 Å². The lowest BCUT2D eigenvalue weighted by Gasteiger charge is -2.31. The summed E-state index contributed by atoms with van der Waals surface area (Å²) in [5.74, 6) is -5.30. The maximum absolute atomic E-state index is 15.2. The Morgan fingerprint density at radius 2 is 1.68 bits per heavy atom. The largest absolute Gasteiger partial charge is 0.481 e. The minimum atomic E-state index is -1.65. The van der Waals surface area contributed by atoms with Crippen LogP contribution in [0.2, 0.25) is 0 Å². The van der Waals surface area contributed by atoms with Gasteiger partial charge >= 0.3 is 11.9 Å². The van der Waals surface area contributed by atoms with Gasteiger partial charge in [0, 0.05) is 35.8 Å². The minimum absolute atomic E-state index is 0.0943. The van der Waals surface area contributed by atoms with Crippen LogP contribution in [0.1, 0.15) is 62.2 Å². The molecule has 0 amide bonds. The molecule has 2 atom stereocenters. The molecule has 0 radical (unpaired) electrons. The number of pyridine rings is 1. The molecule has 0 saturated carbocycles. The van der Waals surface area contributed by atoms with Crippen molar-refractivity contribution in [1.29, 1.82) is 0 Å². The van der Waals surface area contributed by atoms with Gasteiger partial charge in [0.05, 0.1) is 30.9 Å². The molecule has 0 spiro atoms. The van der Waals surface area contributed by atoms with E-state index in [1.807, 2.05) is 27.7 Å². The van der Waals surface area contributed by atoms with E-state index in [0.717, 1.165) is 6.20 Å². The van der Waals surface area contributed by atoms with E-state index in [0.29, 0.717) is 17.7 Å². The van der Waals surface area contributed by atoms with Crippen molar-refractivity contribution in [2.24, 2.45) is 5.92 Å². The lowest BCUT2D eigenvalue weighted by atomic mass is 9.96. The van der Waals surface area contributed by atoms with Crippen LogP contribution >= 0.6 is 0 Å². The van der Waals surface area contributed by atoms with Crippen LogP contribution in [0.5, 0.6) is 11.6 Å². The van der Waals surface area contributed by atoms with E-state index < -0.39 is 41.3 Å². The second-order valence-corrected chi connectivity index (χ2v) is 10.1. The summed E-state index contributed by atoms with van der Waals surface area (Å²) in [6.07, 6.45) is -0.578. The third kappa shape index (κ3) is 6.81. The van der Waals surface area contributed by atoms with Gasteiger partial charge in [-0.05, 0) is 63.9 Å². The molecule has 1 aromatic heterocycles. The van der Waals surface area contributed by atoms with Gasteiger partial charge in [0.1, 0.15) is 5.82 Å². The first kappa shape index (κ1) is 30.6. The molecule has 0 aliphatic carbocycles. The van der Waals surface area contributed by atoms with Crippen molar-refractivity contribution >= 4 is 11.9 Å². The van der Waals surface area contributed by atoms with Crippen molar-refractivity contribution in [3.05, 3.63) is 77.0 Å². The highest BCUT2D eigenvalue weighted by Crippen LogP contribution is 2.33. The molecule has 3 aromatic rings. The number of esters is 1. The van der Waals surface area contributed by atoms with Crippen molar-refractivity contribution in [1.82, 2.24) is 9.88 Å². The average molecular weight is 557 g/mol. The van der Waals surface area contributed by atoms with Crippen molar-refractivity contribution in [3.63, 3.8) is 0 Å². The number of halogens is 2. The first-order chi connectivity index (χ1) is 18.8. The summed E-state index contributed by atoms with van der Waals surface area (Å²) in [7, 11) is 1.43. The Kier molecular flexibility index (Phi) is 9.94. The molecule has 1 heterocycles. The van der Waals surface area contributed by atoms with Crippen LogP contribution in [-0.4, -0.2) is 51.2 Å². The molecule has 8 nitrogen and oxygen atoms in total. The van der Waals surface area contributed by atoms with Gasteiger partial charge in [0.2, 0.25) is 5.88 Å². The summed E-state index contributed by atoms with van der Waals surface area (Å²) in [6, 6.07) is 10.2. The lowest BCUT2D eigenvalue weighted by Crippen LogP contribution is -2.36. The highest BCUT2D eigenvalue weighted by atomic mass is 19.1. The van der Waals surface area contributed by atoms with E-state index in [1.165, 1.54) is 44.4 Å². The van der Waals surface area contributed by atoms with Gasteiger partial charge in [-0.25, -0.2) is 18.6 Å². The fourth-order valence-electron chi connectivity index (χ4n) is 4.41. The lowest BCUT2D eigenvalue weighted by molar-refractivity contribution is -0.145. The Hall–Kier alpha value is -3.89. The zero-order valence-electron chi connectivity index (χ0n) is 23.3. The maximum atomic E-state index is 15.2. The van der Waals surface area contributed by atoms with E-state index in [-0.39, 0.29) is 34.7 Å². The molecule has 0 fully saturated rings. The Labute approximate surface area is 232 Å². The number of hydrogen-bond acceptors (Lipinski definition) is 7. The number of aromatic nitrogens is 1. The molecule has 40 heavy (non-hydrogen) atoms. The van der Waals surface area contributed by atoms with E-state index in [4.69, 9.17) is 9.47 Å². The smallest absolute Gasteiger partial charge is 0.343 e. The van der Waals surface area contributed by atoms with Gasteiger partial charge in [-0.3, -0.25) is 9.69 Å². The van der Waals surface area contributed by atoms with Crippen LogP contribution in [0.3, 0.4) is 0 Å². The number of nitrogens with zero attached hydrogens (tertiary/aromatic N) is 2. The number of benzene rings is 2. The summed E-state index contributed by atoms with van der Waals surface area (Å²) in [6.45, 7) is 9.74. The molecule has 0 aliphatic heterocycles. The number of aliphatic hydroxyl groups is 1. The third-order valence-electron chi connectivity index (χ3n) is 6.73. The first-order valence-electron chi connectivity index (χ1n) is 12.9. The predicted molar refractivity (Wildman–Crippen MR) is 145 cm³/mol. The molecule has 10 heteroatoms. The zero-order chi connectivity index (χ0) is 29.7. The molecule has 0 unspecified atom stereocenters. The Morgan fingerprint density at radius 3 is 2.27 bits per heavy atom. The number of methoxy groups -OCH3 is 1. The summed E-state index contributed by atoms with van der Waals surface area (Å²) in [5, 5.41) is 19.5. The molecule has 214 valence electrons. The number of aliphatic hydroxyl groups excluding tert-OH is 1. The van der Waals surface area contributed by atoms with Crippen LogP contribution in [0.25, 0.3) is 11.1 Å². The number of aliphatic carboxylic acids is 1. The van der Waals surface area contributed by atoms with Crippen LogP contribution in [0.15, 0.2) is 48.7 Å². The maximum Gasteiger partial charge on any atom is 0.343 e. The van der Waals surface area contributed by atoms with Crippen molar-refractivity contribution in [2.45, 2.75) is 59.4 Å². The zero-order valence-corrected chi connectivity index (χ0v) is 23.3. The summed E-state index contributed by atoms with van der Waals surface area (Å²) in [5.41, 5.74) is 1.19. The molecule has 3 rings (SSSR count). The van der Waals surface area contributed by atoms with E-state index in [9.17, 15) is 24.2 Å². The van der Waals surface area contributed by atoms with Crippen LogP contribution in [-0.2, 0) is 11.3 Å². The highest BCUT2D eigenvalue weighted by molar-refractivity contribution is 5.92. The molecule has 2 aromatic carbocycles. The second-order valence-electron chi connectivity index (χ2n) is 10.1. The second kappa shape index (κ2) is 13.0. The molecule has 0 aliphatic rings. The Morgan fingerprint density at radius 1 is 1.00 bits per heavy atom. The van der Waals surface area contributed by atoms with Crippen LogP contribution in [0.4, 0.5) is 8.78 Å². The van der Waals surface area contributed by atoms with Crippen LogP contribution in [0, 0.1) is 17.6 Å². The van der Waals surface area contributed by atoms with E-state index in [2.05, 4.69) is 9.88 Å². The number of carbonyl (C=O) groups is 2. The SMILES string of the molecule is COc1cc(-c2ccc(C(=O)Oc3cccc([C@H](O)[C@H](C)C(=O)O)c3F)cc2CN(C(C)C)C(C)C)c(F)cn1. The minimum Gasteiger partial charge on any atom is -0.481 e. The molecule has 0 saturated heterocycles. The molecule has 2 N–H and O–H groups in total. The van der Waals surface area contributed by atoms with Gasteiger partial charge in [0.25, 0.3) is 0 Å². The van der Waals surface area contributed by atoms with Gasteiger partial charge < -0.3 is 19.7 Å². The number of carboxylic acid groups (broad SMARTS) is 1. The van der Waals surface area contributed by atoms with Gasteiger partial charge in [-0.1, -0.05) is 18.2 Å². The van der Waals surface area contributed by atoms with Gasteiger partial charge in [0.15, 0.2) is 11.6 Å². The summed E-state index contributed by atoms with van der Waals surface area (Å²) >= 11 is 0.